The van der Waals surface area contributed by atoms with Crippen molar-refractivity contribution in [2.24, 2.45) is 0 Å². The van der Waals surface area contributed by atoms with E-state index < -0.39 is 11.7 Å². The maximum Gasteiger partial charge on any atom is 0.407 e. The molecule has 1 fully saturated rings. The zero-order chi connectivity index (χ0) is 20.9. The van der Waals surface area contributed by atoms with Gasteiger partial charge in [-0.2, -0.15) is 0 Å². The molecule has 1 aliphatic heterocycles. The number of carbonyl (C=O) groups is 1. The molecule has 0 saturated carbocycles. The molecule has 1 aromatic heterocycles. The van der Waals surface area contributed by atoms with E-state index in [0.29, 0.717) is 24.1 Å². The molecule has 29 heavy (non-hydrogen) atoms. The molecule has 0 spiro atoms. The molecule has 2 aromatic rings. The average Bonchev–Trinajstić information content (AvgIpc) is 2.65. The summed E-state index contributed by atoms with van der Waals surface area (Å²) >= 11 is 6.24. The Morgan fingerprint density at radius 3 is 2.76 bits per heavy atom. The molecular formula is C22H28ClN3O3. The summed E-state index contributed by atoms with van der Waals surface area (Å²) in [6.45, 7) is 7.51. The van der Waals surface area contributed by atoms with Gasteiger partial charge < -0.3 is 19.7 Å². The highest BCUT2D eigenvalue weighted by Gasteiger charge is 2.25. The number of hydrogen-bond acceptors (Lipinski definition) is 5. The highest BCUT2D eigenvalue weighted by molar-refractivity contribution is 6.29. The Labute approximate surface area is 177 Å². The fourth-order valence-corrected chi connectivity index (χ4v) is 3.42. The lowest BCUT2D eigenvalue weighted by Gasteiger charge is -2.34. The Morgan fingerprint density at radius 2 is 2.03 bits per heavy atom. The quantitative estimate of drug-likeness (QED) is 0.707. The third-order valence-electron chi connectivity index (χ3n) is 4.47. The molecular weight excluding hydrogens is 390 g/mol. The lowest BCUT2D eigenvalue weighted by atomic mass is 10.1. The standard InChI is InChI=1S/C22H28ClN3O3/c1-22(2,3)29-21(27)24-17-10-7-11-26(14-17)20-13-18(12-19(23)25-20)28-15-16-8-5-4-6-9-16/h4-6,8-9,12-13,17H,7,10-11,14-15H2,1-3H3,(H,24,27). The highest BCUT2D eigenvalue weighted by Crippen LogP contribution is 2.26. The number of amides is 1. The summed E-state index contributed by atoms with van der Waals surface area (Å²) in [6.07, 6.45) is 1.44. The third kappa shape index (κ3) is 6.82. The van der Waals surface area contributed by atoms with Crippen LogP contribution in [0.15, 0.2) is 42.5 Å². The van der Waals surface area contributed by atoms with Gasteiger partial charge in [-0.1, -0.05) is 41.9 Å². The lowest BCUT2D eigenvalue weighted by Crippen LogP contribution is -2.49. The third-order valence-corrected chi connectivity index (χ3v) is 4.66. The van der Waals surface area contributed by atoms with Crippen LogP contribution in [0.5, 0.6) is 5.75 Å². The van der Waals surface area contributed by atoms with Crippen molar-refractivity contribution < 1.29 is 14.3 Å². The smallest absolute Gasteiger partial charge is 0.407 e. The first-order valence-corrected chi connectivity index (χ1v) is 10.2. The molecule has 1 saturated heterocycles. The summed E-state index contributed by atoms with van der Waals surface area (Å²) in [4.78, 5) is 18.7. The topological polar surface area (TPSA) is 63.7 Å². The van der Waals surface area contributed by atoms with Gasteiger partial charge in [0.25, 0.3) is 0 Å². The number of hydrogen-bond donors (Lipinski definition) is 1. The van der Waals surface area contributed by atoms with Crippen molar-refractivity contribution >= 4 is 23.5 Å². The van der Waals surface area contributed by atoms with E-state index in [4.69, 9.17) is 21.1 Å². The minimum Gasteiger partial charge on any atom is -0.489 e. The van der Waals surface area contributed by atoms with Crippen molar-refractivity contribution in [3.63, 3.8) is 0 Å². The van der Waals surface area contributed by atoms with Crippen molar-refractivity contribution in [1.29, 1.82) is 0 Å². The minimum atomic E-state index is -0.516. The van der Waals surface area contributed by atoms with Gasteiger partial charge in [0, 0.05) is 31.3 Å². The molecule has 1 aliphatic rings. The fourth-order valence-electron chi connectivity index (χ4n) is 3.22. The molecule has 0 radical (unpaired) electrons. The molecule has 7 heteroatoms. The first kappa shape index (κ1) is 21.2. The number of aromatic nitrogens is 1. The van der Waals surface area contributed by atoms with Crippen molar-refractivity contribution in [2.45, 2.75) is 51.9 Å². The number of benzene rings is 1. The molecule has 2 heterocycles. The van der Waals surface area contributed by atoms with E-state index in [0.717, 1.165) is 30.8 Å². The van der Waals surface area contributed by atoms with Gasteiger partial charge in [-0.25, -0.2) is 9.78 Å². The summed E-state index contributed by atoms with van der Waals surface area (Å²) in [7, 11) is 0. The van der Waals surface area contributed by atoms with E-state index in [-0.39, 0.29) is 6.04 Å². The molecule has 6 nitrogen and oxygen atoms in total. The second-order valence-corrected chi connectivity index (χ2v) is 8.58. The Morgan fingerprint density at radius 1 is 1.28 bits per heavy atom. The zero-order valence-electron chi connectivity index (χ0n) is 17.2. The van der Waals surface area contributed by atoms with E-state index in [2.05, 4.69) is 15.2 Å². The normalized spacial score (nSPS) is 17.0. The molecule has 156 valence electrons. The van der Waals surface area contributed by atoms with Crippen LogP contribution < -0.4 is 15.0 Å². The summed E-state index contributed by atoms with van der Waals surface area (Å²) in [5, 5.41) is 3.34. The van der Waals surface area contributed by atoms with Crippen LogP contribution in [0.25, 0.3) is 0 Å². The summed E-state index contributed by atoms with van der Waals surface area (Å²) in [5.41, 5.74) is 0.569. The van der Waals surface area contributed by atoms with Crippen LogP contribution in [0.1, 0.15) is 39.2 Å². The predicted molar refractivity (Wildman–Crippen MR) is 115 cm³/mol. The second-order valence-electron chi connectivity index (χ2n) is 8.19. The molecule has 0 bridgehead atoms. The van der Waals surface area contributed by atoms with Gasteiger partial charge in [-0.3, -0.25) is 0 Å². The number of ether oxygens (including phenoxy) is 2. The van der Waals surface area contributed by atoms with Crippen molar-refractivity contribution in [3.05, 3.63) is 53.2 Å². The number of anilines is 1. The largest absolute Gasteiger partial charge is 0.489 e. The van der Waals surface area contributed by atoms with Crippen molar-refractivity contribution in [1.82, 2.24) is 10.3 Å². The Hall–Kier alpha value is -2.47. The Bertz CT molecular complexity index is 824. The number of halogens is 1. The van der Waals surface area contributed by atoms with Crippen LogP contribution in [-0.4, -0.2) is 35.8 Å². The van der Waals surface area contributed by atoms with Gasteiger partial charge in [-0.05, 0) is 39.2 Å². The number of carbonyl (C=O) groups excluding carboxylic acids is 1. The minimum absolute atomic E-state index is 0.00642. The van der Waals surface area contributed by atoms with E-state index in [9.17, 15) is 4.79 Å². The lowest BCUT2D eigenvalue weighted by molar-refractivity contribution is 0.0500. The van der Waals surface area contributed by atoms with E-state index in [1.165, 1.54) is 0 Å². The maximum absolute atomic E-state index is 12.1. The second kappa shape index (κ2) is 9.35. The number of nitrogens with one attached hydrogen (secondary N) is 1. The molecule has 1 aromatic carbocycles. The monoisotopic (exact) mass is 417 g/mol. The number of alkyl carbamates (subject to hydrolysis) is 1. The van der Waals surface area contributed by atoms with Crippen LogP contribution in [-0.2, 0) is 11.3 Å². The van der Waals surface area contributed by atoms with E-state index >= 15 is 0 Å². The Balaban J connectivity index is 1.63. The summed E-state index contributed by atoms with van der Waals surface area (Å²) in [5.74, 6) is 1.42. The Kier molecular flexibility index (Phi) is 6.85. The van der Waals surface area contributed by atoms with E-state index in [1.807, 2.05) is 57.2 Å². The fraction of sp³-hybridized carbons (Fsp3) is 0.455. The van der Waals surface area contributed by atoms with Crippen molar-refractivity contribution in [3.8, 4) is 5.75 Å². The van der Waals surface area contributed by atoms with Crippen molar-refractivity contribution in [2.75, 3.05) is 18.0 Å². The molecule has 0 aliphatic carbocycles. The van der Waals surface area contributed by atoms with E-state index in [1.54, 1.807) is 6.07 Å². The number of piperidine rings is 1. The van der Waals surface area contributed by atoms with Gasteiger partial charge in [0.15, 0.2) is 0 Å². The van der Waals surface area contributed by atoms with Gasteiger partial charge in [-0.15, -0.1) is 0 Å². The molecule has 1 amide bonds. The molecule has 1 unspecified atom stereocenters. The molecule has 1 atom stereocenters. The van der Waals surface area contributed by atoms with Crippen LogP contribution in [0, 0.1) is 0 Å². The first-order valence-electron chi connectivity index (χ1n) is 9.87. The van der Waals surface area contributed by atoms with Crippen LogP contribution in [0.4, 0.5) is 10.6 Å². The maximum atomic E-state index is 12.1. The van der Waals surface area contributed by atoms with Crippen LogP contribution in [0.2, 0.25) is 5.15 Å². The van der Waals surface area contributed by atoms with Gasteiger partial charge in [0.05, 0.1) is 0 Å². The summed E-state index contributed by atoms with van der Waals surface area (Å²) in [6, 6.07) is 13.6. The number of nitrogens with zero attached hydrogens (tertiary/aromatic N) is 2. The first-order chi connectivity index (χ1) is 13.8. The van der Waals surface area contributed by atoms with Gasteiger partial charge in [0.1, 0.15) is 28.9 Å². The summed E-state index contributed by atoms with van der Waals surface area (Å²) < 4.78 is 11.3. The molecule has 3 rings (SSSR count). The number of rotatable bonds is 5. The predicted octanol–water partition coefficient (Wildman–Crippen LogP) is 4.81. The zero-order valence-corrected chi connectivity index (χ0v) is 17.9. The van der Waals surface area contributed by atoms with Crippen LogP contribution >= 0.6 is 11.6 Å². The van der Waals surface area contributed by atoms with Gasteiger partial charge in [0.2, 0.25) is 0 Å². The highest BCUT2D eigenvalue weighted by atomic mass is 35.5. The molecule has 1 N–H and O–H groups in total. The number of pyridine rings is 1. The van der Waals surface area contributed by atoms with Crippen LogP contribution in [0.3, 0.4) is 0 Å². The average molecular weight is 418 g/mol. The SMILES string of the molecule is CC(C)(C)OC(=O)NC1CCCN(c2cc(OCc3ccccc3)cc(Cl)n2)C1. The van der Waals surface area contributed by atoms with Gasteiger partial charge >= 0.3 is 6.09 Å².